The summed E-state index contributed by atoms with van der Waals surface area (Å²) in [4.78, 5) is 0. The number of benzene rings is 1. The predicted octanol–water partition coefficient (Wildman–Crippen LogP) is 6.60. The Morgan fingerprint density at radius 2 is 1.72 bits per heavy atom. The van der Waals surface area contributed by atoms with Crippen molar-refractivity contribution >= 4 is 0 Å². The highest BCUT2D eigenvalue weighted by Crippen LogP contribution is 2.33. The fraction of sp³-hybridized carbons (Fsp3) is 0.550. The molecule has 2 rings (SSSR count). The van der Waals surface area contributed by atoms with E-state index in [0.717, 1.165) is 69.1 Å². The minimum atomic E-state index is -4.28. The van der Waals surface area contributed by atoms with Crippen molar-refractivity contribution in [3.8, 4) is 6.07 Å². The fourth-order valence-corrected chi connectivity index (χ4v) is 3.51. The molecule has 1 nitrogen and oxygen atoms in total. The first-order chi connectivity index (χ1) is 11.9. The Hall–Kier alpha value is -1.83. The molecule has 25 heavy (non-hydrogen) atoms. The Bertz CT molecular complexity index is 602. The lowest BCUT2D eigenvalue weighted by molar-refractivity contribution is -0.137. The number of halogens is 4. The Morgan fingerprint density at radius 1 is 1.08 bits per heavy atom. The molecular weight excluding hydrogens is 330 g/mol. The van der Waals surface area contributed by atoms with E-state index in [1.165, 1.54) is 12.1 Å². The van der Waals surface area contributed by atoms with E-state index < -0.39 is 17.6 Å². The molecule has 1 aliphatic carbocycles. The van der Waals surface area contributed by atoms with Gasteiger partial charge in [0.2, 0.25) is 0 Å². The van der Waals surface area contributed by atoms with Crippen LogP contribution in [0.2, 0.25) is 0 Å². The van der Waals surface area contributed by atoms with Crippen molar-refractivity contribution in [2.24, 2.45) is 11.8 Å². The number of nitriles is 1. The highest BCUT2D eigenvalue weighted by Gasteiger charge is 2.29. The van der Waals surface area contributed by atoms with Crippen molar-refractivity contribution < 1.29 is 17.6 Å². The van der Waals surface area contributed by atoms with Crippen LogP contribution in [0, 0.1) is 23.2 Å². The van der Waals surface area contributed by atoms with Crippen molar-refractivity contribution in [1.82, 2.24) is 0 Å². The van der Waals surface area contributed by atoms with Gasteiger partial charge >= 0.3 is 6.18 Å². The number of aryl methyl sites for hydroxylation is 1. The topological polar surface area (TPSA) is 23.8 Å². The van der Waals surface area contributed by atoms with Crippen LogP contribution in [0.5, 0.6) is 0 Å². The minimum Gasteiger partial charge on any atom is -0.195 e. The third-order valence-electron chi connectivity index (χ3n) is 4.99. The summed E-state index contributed by atoms with van der Waals surface area (Å²) in [5.41, 5.74) is 0.337. The largest absolute Gasteiger partial charge is 0.416 e. The first-order valence-electron chi connectivity index (χ1n) is 8.82. The van der Waals surface area contributed by atoms with Crippen molar-refractivity contribution in [2.75, 3.05) is 0 Å². The maximum absolute atomic E-state index is 13.0. The van der Waals surface area contributed by atoms with Gasteiger partial charge in [-0.1, -0.05) is 25.0 Å². The van der Waals surface area contributed by atoms with E-state index >= 15 is 0 Å². The zero-order valence-electron chi connectivity index (χ0n) is 14.2. The standard InChI is InChI=1S/C20H23F4N/c21-19(14-25)13-17-7-5-15(6-8-17)3-1-2-4-16-9-11-18(12-10-16)20(22,23)24/h9-13,15,17H,1-8H2/t15-,17-. The Balaban J connectivity index is 1.65. The predicted molar refractivity (Wildman–Crippen MR) is 89.3 cm³/mol. The summed E-state index contributed by atoms with van der Waals surface area (Å²) in [5, 5.41) is 8.46. The third-order valence-corrected chi connectivity index (χ3v) is 4.99. The van der Waals surface area contributed by atoms with Gasteiger partial charge < -0.3 is 0 Å². The van der Waals surface area contributed by atoms with Crippen molar-refractivity contribution in [2.45, 2.75) is 57.5 Å². The molecule has 0 bridgehead atoms. The summed E-state index contributed by atoms with van der Waals surface area (Å²) < 4.78 is 50.5. The molecule has 0 heterocycles. The lowest BCUT2D eigenvalue weighted by Crippen LogP contribution is -2.13. The van der Waals surface area contributed by atoms with E-state index in [1.807, 2.05) is 0 Å². The quantitative estimate of drug-likeness (QED) is 0.321. The van der Waals surface area contributed by atoms with Gasteiger partial charge in [0.1, 0.15) is 6.07 Å². The molecule has 0 N–H and O–H groups in total. The number of rotatable bonds is 6. The summed E-state index contributed by atoms with van der Waals surface area (Å²) in [7, 11) is 0. The molecular formula is C20H23F4N. The van der Waals surface area contributed by atoms with E-state index in [9.17, 15) is 17.6 Å². The smallest absolute Gasteiger partial charge is 0.195 e. The summed E-state index contributed by atoms with van der Waals surface area (Å²) in [6.45, 7) is 0. The second-order valence-corrected chi connectivity index (χ2v) is 6.85. The fourth-order valence-electron chi connectivity index (χ4n) is 3.51. The zero-order valence-corrected chi connectivity index (χ0v) is 14.2. The van der Waals surface area contributed by atoms with Crippen LogP contribution in [0.25, 0.3) is 0 Å². The van der Waals surface area contributed by atoms with Gasteiger partial charge in [-0.15, -0.1) is 0 Å². The Morgan fingerprint density at radius 3 is 2.28 bits per heavy atom. The number of unbranched alkanes of at least 4 members (excludes halogenated alkanes) is 1. The zero-order chi connectivity index (χ0) is 18.3. The SMILES string of the molecule is N#CC(F)=C[C@H]1CC[C@H](CCCCc2ccc(C(F)(F)F)cc2)CC1. The molecule has 0 amide bonds. The van der Waals surface area contributed by atoms with Crippen LogP contribution in [0.1, 0.15) is 56.1 Å². The van der Waals surface area contributed by atoms with Gasteiger partial charge in [-0.3, -0.25) is 0 Å². The normalized spacial score (nSPS) is 21.8. The summed E-state index contributed by atoms with van der Waals surface area (Å²) >= 11 is 0. The van der Waals surface area contributed by atoms with E-state index in [1.54, 1.807) is 12.1 Å². The number of nitrogens with zero attached hydrogens (tertiary/aromatic N) is 1. The molecule has 0 unspecified atom stereocenters. The summed E-state index contributed by atoms with van der Waals surface area (Å²) in [5.74, 6) is 0.144. The van der Waals surface area contributed by atoms with E-state index in [-0.39, 0.29) is 5.92 Å². The summed E-state index contributed by atoms with van der Waals surface area (Å²) in [6, 6.07) is 6.93. The second-order valence-electron chi connectivity index (χ2n) is 6.85. The van der Waals surface area contributed by atoms with Crippen molar-refractivity contribution in [3.63, 3.8) is 0 Å². The van der Waals surface area contributed by atoms with Gasteiger partial charge in [0.05, 0.1) is 5.56 Å². The molecule has 5 heteroatoms. The first kappa shape index (κ1) is 19.5. The molecule has 1 aromatic carbocycles. The van der Waals surface area contributed by atoms with Crippen LogP contribution in [0.4, 0.5) is 17.6 Å². The van der Waals surface area contributed by atoms with Crippen LogP contribution < -0.4 is 0 Å². The second kappa shape index (κ2) is 9.03. The molecule has 0 aliphatic heterocycles. The van der Waals surface area contributed by atoms with Gasteiger partial charge in [0.25, 0.3) is 0 Å². The average molecular weight is 353 g/mol. The lowest BCUT2D eigenvalue weighted by Gasteiger charge is -2.26. The van der Waals surface area contributed by atoms with Gasteiger partial charge in [0.15, 0.2) is 5.83 Å². The maximum atomic E-state index is 13.0. The molecule has 1 fully saturated rings. The van der Waals surface area contributed by atoms with Crippen LogP contribution in [0.15, 0.2) is 36.2 Å². The summed E-state index contributed by atoms with van der Waals surface area (Å²) in [6.07, 6.45) is 5.07. The van der Waals surface area contributed by atoms with Gasteiger partial charge in [-0.25, -0.2) is 0 Å². The number of allylic oxidation sites excluding steroid dienone is 2. The van der Waals surface area contributed by atoms with Gasteiger partial charge in [0, 0.05) is 0 Å². The highest BCUT2D eigenvalue weighted by molar-refractivity contribution is 5.24. The third kappa shape index (κ3) is 6.53. The molecule has 1 saturated carbocycles. The molecule has 0 saturated heterocycles. The van der Waals surface area contributed by atoms with Crippen LogP contribution >= 0.6 is 0 Å². The van der Waals surface area contributed by atoms with Crippen molar-refractivity contribution in [1.29, 1.82) is 5.26 Å². The van der Waals surface area contributed by atoms with Crippen LogP contribution in [0.3, 0.4) is 0 Å². The highest BCUT2D eigenvalue weighted by atomic mass is 19.4. The average Bonchev–Trinajstić information content (AvgIpc) is 2.59. The van der Waals surface area contributed by atoms with Crippen LogP contribution in [-0.2, 0) is 12.6 Å². The van der Waals surface area contributed by atoms with E-state index in [0.29, 0.717) is 5.92 Å². The number of hydrogen-bond donors (Lipinski definition) is 0. The first-order valence-corrected chi connectivity index (χ1v) is 8.82. The molecule has 0 radical (unpaired) electrons. The van der Waals surface area contributed by atoms with E-state index in [2.05, 4.69) is 0 Å². The van der Waals surface area contributed by atoms with Gasteiger partial charge in [-0.05, 0) is 74.1 Å². The van der Waals surface area contributed by atoms with Crippen molar-refractivity contribution in [3.05, 3.63) is 47.3 Å². The maximum Gasteiger partial charge on any atom is 0.416 e. The molecule has 1 aromatic rings. The molecule has 0 aromatic heterocycles. The minimum absolute atomic E-state index is 0.183. The number of hydrogen-bond acceptors (Lipinski definition) is 1. The molecule has 1 aliphatic rings. The molecule has 0 atom stereocenters. The van der Waals surface area contributed by atoms with E-state index in [4.69, 9.17) is 5.26 Å². The Kier molecular flexibility index (Phi) is 7.04. The van der Waals surface area contributed by atoms with Gasteiger partial charge in [-0.2, -0.15) is 22.8 Å². The molecule has 0 spiro atoms. The lowest BCUT2D eigenvalue weighted by atomic mass is 9.79. The van der Waals surface area contributed by atoms with Crippen LogP contribution in [-0.4, -0.2) is 0 Å². The molecule has 136 valence electrons. The number of alkyl halides is 3. The Labute approximate surface area is 146 Å². The monoisotopic (exact) mass is 353 g/mol.